The van der Waals surface area contributed by atoms with Crippen LogP contribution in [0.1, 0.15) is 56.9 Å². The van der Waals surface area contributed by atoms with Crippen molar-refractivity contribution in [3.8, 4) is 5.19 Å². The Bertz CT molecular complexity index is 1510. The fourth-order valence-corrected chi connectivity index (χ4v) is 7.73. The van der Waals surface area contributed by atoms with Crippen molar-refractivity contribution in [1.82, 2.24) is 9.88 Å². The molecule has 1 aromatic heterocycles. The number of aliphatic carboxylic acids is 1. The summed E-state index contributed by atoms with van der Waals surface area (Å²) in [5.74, 6) is -1.61. The number of amides is 1. The highest BCUT2D eigenvalue weighted by molar-refractivity contribution is 7.20. The molecule has 2 aromatic carbocycles. The topological polar surface area (TPSA) is 96.8 Å². The van der Waals surface area contributed by atoms with Crippen LogP contribution in [-0.2, 0) is 20.8 Å². The van der Waals surface area contributed by atoms with E-state index >= 15 is 0 Å². The standard InChI is InChI=1S/C33H35ClN2O5S/c34-24-13-14-26-29(16-24)42-32(35-26)41-25-17-27-28(37)19-33(31(39)40)18-23(33)12-8-3-1-2-7-11-22(30(38)36(27)20-25)15-21-9-5-4-6-10-21/h4-6,8-10,12-14,16,22-23,25,27H,1-3,7,11,15,17-20H2,(H,39,40)/b12-8-/t22-,23+,25-,27+,33-/m1/s1. The van der Waals surface area contributed by atoms with Crippen LogP contribution in [0.25, 0.3) is 10.2 Å². The Kier molecular flexibility index (Phi) is 8.37. The second kappa shape index (κ2) is 12.2. The maximum atomic E-state index is 14.3. The molecule has 42 heavy (non-hydrogen) atoms. The Labute approximate surface area is 254 Å². The molecule has 1 aliphatic carbocycles. The molecule has 6 rings (SSSR count). The number of carboxylic acid groups (broad SMARTS) is 1. The van der Waals surface area contributed by atoms with Gasteiger partial charge in [0, 0.05) is 23.8 Å². The maximum absolute atomic E-state index is 14.3. The van der Waals surface area contributed by atoms with Crippen LogP contribution in [0, 0.1) is 17.3 Å². The second-order valence-electron chi connectivity index (χ2n) is 11.9. The van der Waals surface area contributed by atoms with Gasteiger partial charge < -0.3 is 14.7 Å². The van der Waals surface area contributed by atoms with Crippen LogP contribution in [0.3, 0.4) is 0 Å². The molecule has 2 fully saturated rings. The number of rotatable bonds is 5. The first-order chi connectivity index (χ1) is 20.3. The molecule has 1 amide bonds. The van der Waals surface area contributed by atoms with E-state index in [1.807, 2.05) is 48.5 Å². The normalized spacial score (nSPS) is 29.3. The van der Waals surface area contributed by atoms with E-state index in [1.165, 1.54) is 11.3 Å². The van der Waals surface area contributed by atoms with Crippen LogP contribution in [0.5, 0.6) is 5.19 Å². The molecule has 7 nitrogen and oxygen atoms in total. The third-order valence-electron chi connectivity index (χ3n) is 9.03. The number of ether oxygens (including phenoxy) is 1. The number of hydrogen-bond donors (Lipinski definition) is 1. The van der Waals surface area contributed by atoms with Gasteiger partial charge in [0.2, 0.25) is 5.91 Å². The lowest BCUT2D eigenvalue weighted by atomic mass is 9.90. The zero-order valence-corrected chi connectivity index (χ0v) is 25.0. The van der Waals surface area contributed by atoms with E-state index in [0.29, 0.717) is 29.5 Å². The molecule has 9 heteroatoms. The number of carbonyl (C=O) groups is 3. The van der Waals surface area contributed by atoms with E-state index in [1.54, 1.807) is 11.0 Å². The molecule has 2 aliphatic heterocycles. The third-order valence-corrected chi connectivity index (χ3v) is 10.2. The molecule has 0 bridgehead atoms. The van der Waals surface area contributed by atoms with Gasteiger partial charge in [-0.3, -0.25) is 14.4 Å². The number of carbonyl (C=O) groups excluding carboxylic acids is 2. The number of carboxylic acids is 1. The summed E-state index contributed by atoms with van der Waals surface area (Å²) in [5, 5.41) is 11.2. The van der Waals surface area contributed by atoms with Crippen LogP contribution in [-0.4, -0.2) is 51.3 Å². The Morgan fingerprint density at radius 1 is 1.14 bits per heavy atom. The number of ketones is 1. The summed E-state index contributed by atoms with van der Waals surface area (Å²) in [6, 6.07) is 14.7. The number of Topliss-reactive ketones (excluding diaryl/α,β-unsaturated/α-hetero) is 1. The summed E-state index contributed by atoms with van der Waals surface area (Å²) in [5.41, 5.74) is 0.779. The smallest absolute Gasteiger partial charge is 0.310 e. The lowest BCUT2D eigenvalue weighted by Crippen LogP contribution is -2.45. The summed E-state index contributed by atoms with van der Waals surface area (Å²) >= 11 is 7.54. The van der Waals surface area contributed by atoms with Gasteiger partial charge in [0.25, 0.3) is 5.19 Å². The highest BCUT2D eigenvalue weighted by atomic mass is 35.5. The maximum Gasteiger partial charge on any atom is 0.310 e. The van der Waals surface area contributed by atoms with Crippen molar-refractivity contribution in [1.29, 1.82) is 0 Å². The molecule has 3 aromatic rings. The predicted molar refractivity (Wildman–Crippen MR) is 163 cm³/mol. The van der Waals surface area contributed by atoms with Crippen LogP contribution < -0.4 is 4.74 Å². The molecule has 3 aliphatic rings. The number of thiazole rings is 1. The average molecular weight is 607 g/mol. The van der Waals surface area contributed by atoms with Gasteiger partial charge in [-0.1, -0.05) is 78.3 Å². The van der Waals surface area contributed by atoms with Gasteiger partial charge in [-0.15, -0.1) is 0 Å². The molecule has 1 saturated carbocycles. The second-order valence-corrected chi connectivity index (χ2v) is 13.4. The van der Waals surface area contributed by atoms with E-state index in [0.717, 1.165) is 47.9 Å². The van der Waals surface area contributed by atoms with Gasteiger partial charge in [-0.05, 0) is 61.8 Å². The Morgan fingerprint density at radius 3 is 2.79 bits per heavy atom. The van der Waals surface area contributed by atoms with Gasteiger partial charge in [0.15, 0.2) is 5.78 Å². The molecular weight excluding hydrogens is 572 g/mol. The predicted octanol–water partition coefficient (Wildman–Crippen LogP) is 6.73. The summed E-state index contributed by atoms with van der Waals surface area (Å²) in [4.78, 5) is 46.8. The first-order valence-electron chi connectivity index (χ1n) is 14.8. The quantitative estimate of drug-likeness (QED) is 0.324. The number of hydrogen-bond acceptors (Lipinski definition) is 6. The fourth-order valence-electron chi connectivity index (χ4n) is 6.58. The van der Waals surface area contributed by atoms with Crippen LogP contribution in [0.2, 0.25) is 5.02 Å². The van der Waals surface area contributed by atoms with Crippen molar-refractivity contribution >= 4 is 50.8 Å². The van der Waals surface area contributed by atoms with Gasteiger partial charge in [0.05, 0.1) is 28.2 Å². The largest absolute Gasteiger partial charge is 0.481 e. The van der Waals surface area contributed by atoms with Gasteiger partial charge in [-0.25, -0.2) is 4.98 Å². The van der Waals surface area contributed by atoms with E-state index in [-0.39, 0.29) is 36.5 Å². The van der Waals surface area contributed by atoms with Crippen molar-refractivity contribution < 1.29 is 24.2 Å². The lowest BCUT2D eigenvalue weighted by molar-refractivity contribution is -0.147. The summed E-state index contributed by atoms with van der Waals surface area (Å²) in [6.45, 7) is 0.264. The molecule has 5 atom stereocenters. The van der Waals surface area contributed by atoms with E-state index < -0.39 is 23.5 Å². The number of fused-ring (bicyclic) bond motifs is 3. The molecule has 0 spiro atoms. The molecule has 1 N–H and O–H groups in total. The van der Waals surface area contributed by atoms with Crippen molar-refractivity contribution in [2.24, 2.45) is 17.3 Å². The number of halogens is 1. The summed E-state index contributed by atoms with van der Waals surface area (Å²) in [6.07, 6.45) is 9.44. The number of nitrogens with zero attached hydrogens (tertiary/aromatic N) is 2. The minimum atomic E-state index is -1.09. The van der Waals surface area contributed by atoms with Crippen molar-refractivity contribution in [3.63, 3.8) is 0 Å². The Morgan fingerprint density at radius 2 is 1.98 bits per heavy atom. The summed E-state index contributed by atoms with van der Waals surface area (Å²) in [7, 11) is 0. The van der Waals surface area contributed by atoms with E-state index in [4.69, 9.17) is 16.3 Å². The van der Waals surface area contributed by atoms with Crippen molar-refractivity contribution in [2.45, 2.75) is 69.9 Å². The monoisotopic (exact) mass is 606 g/mol. The van der Waals surface area contributed by atoms with Gasteiger partial charge >= 0.3 is 5.97 Å². The fraction of sp³-hybridized carbons (Fsp3) is 0.455. The highest BCUT2D eigenvalue weighted by Gasteiger charge is 2.61. The van der Waals surface area contributed by atoms with Crippen molar-refractivity contribution in [3.05, 3.63) is 71.3 Å². The highest BCUT2D eigenvalue weighted by Crippen LogP contribution is 2.57. The average Bonchev–Trinajstić information content (AvgIpc) is 3.29. The zero-order chi connectivity index (χ0) is 29.3. The van der Waals surface area contributed by atoms with E-state index in [2.05, 4.69) is 11.1 Å². The number of aromatic nitrogens is 1. The minimum Gasteiger partial charge on any atom is -0.481 e. The minimum absolute atomic E-state index is 0.0518. The Hall–Kier alpha value is -3.23. The van der Waals surface area contributed by atoms with Crippen LogP contribution in [0.4, 0.5) is 0 Å². The first-order valence-corrected chi connectivity index (χ1v) is 16.0. The SMILES string of the molecule is O=C1C[C@]2(C(=O)O)C[C@@H]2/C=C\CCCCC[C@H](Cc2ccccc2)C(=O)N2C[C@H](Oc3nc4ccc(Cl)cc4s3)C[C@@H]12. The van der Waals surface area contributed by atoms with Crippen molar-refractivity contribution in [2.75, 3.05) is 6.54 Å². The molecular formula is C33H35ClN2O5S. The van der Waals surface area contributed by atoms with Crippen LogP contribution in [0.15, 0.2) is 60.7 Å². The van der Waals surface area contributed by atoms with Gasteiger partial charge in [-0.2, -0.15) is 0 Å². The lowest BCUT2D eigenvalue weighted by Gasteiger charge is -2.29. The van der Waals surface area contributed by atoms with Crippen LogP contribution >= 0.6 is 22.9 Å². The number of allylic oxidation sites excluding steroid dienone is 2. The number of benzene rings is 2. The van der Waals surface area contributed by atoms with Gasteiger partial charge in [0.1, 0.15) is 6.10 Å². The molecule has 0 radical (unpaired) electrons. The third kappa shape index (κ3) is 6.11. The first kappa shape index (κ1) is 28.9. The molecule has 0 unspecified atom stereocenters. The molecule has 220 valence electrons. The summed E-state index contributed by atoms with van der Waals surface area (Å²) < 4.78 is 7.19. The zero-order valence-electron chi connectivity index (χ0n) is 23.4. The molecule has 1 saturated heterocycles. The van der Waals surface area contributed by atoms with E-state index in [9.17, 15) is 19.5 Å². The molecule has 3 heterocycles. The Balaban J connectivity index is 1.28.